The predicted molar refractivity (Wildman–Crippen MR) is 124 cm³/mol. The third kappa shape index (κ3) is 6.62. The number of hydrogen-bond donors (Lipinski definition) is 3. The van der Waals surface area contributed by atoms with Crippen LogP contribution in [-0.4, -0.2) is 34.1 Å². The van der Waals surface area contributed by atoms with Crippen molar-refractivity contribution in [2.45, 2.75) is 26.4 Å². The SMILES string of the molecule is CC(=N)C(C(=O)Nc1cccc(C(C)(F)F)c1)C(=O)Nc1ccc(OC(F)F)c(-c2cnccn2)c1. The molecular weight excluding hydrogens is 482 g/mol. The number of hydrogen-bond acceptors (Lipinski definition) is 6. The van der Waals surface area contributed by atoms with Gasteiger partial charge in [-0.05, 0) is 37.3 Å². The first kappa shape index (κ1) is 26.3. The molecule has 8 nitrogen and oxygen atoms in total. The summed E-state index contributed by atoms with van der Waals surface area (Å²) in [6.45, 7) is -1.16. The summed E-state index contributed by atoms with van der Waals surface area (Å²) in [4.78, 5) is 33.6. The Morgan fingerprint density at radius 2 is 1.69 bits per heavy atom. The number of alkyl halides is 4. The fourth-order valence-corrected chi connectivity index (χ4v) is 3.26. The van der Waals surface area contributed by atoms with Crippen molar-refractivity contribution in [3.63, 3.8) is 0 Å². The third-order valence-electron chi connectivity index (χ3n) is 4.90. The van der Waals surface area contributed by atoms with Gasteiger partial charge in [-0.3, -0.25) is 19.6 Å². The van der Waals surface area contributed by atoms with Crippen molar-refractivity contribution in [3.05, 3.63) is 66.6 Å². The highest BCUT2D eigenvalue weighted by molar-refractivity contribution is 6.24. The van der Waals surface area contributed by atoms with E-state index >= 15 is 0 Å². The van der Waals surface area contributed by atoms with Gasteiger partial charge >= 0.3 is 6.61 Å². The van der Waals surface area contributed by atoms with E-state index in [1.807, 2.05) is 0 Å². The fourth-order valence-electron chi connectivity index (χ4n) is 3.26. The van der Waals surface area contributed by atoms with Gasteiger partial charge in [0.15, 0.2) is 5.92 Å². The zero-order valence-corrected chi connectivity index (χ0v) is 19.1. The largest absolute Gasteiger partial charge is 0.434 e. The van der Waals surface area contributed by atoms with E-state index in [-0.39, 0.29) is 39.7 Å². The van der Waals surface area contributed by atoms with Crippen LogP contribution in [0, 0.1) is 11.3 Å². The maximum Gasteiger partial charge on any atom is 0.387 e. The molecule has 1 unspecified atom stereocenters. The van der Waals surface area contributed by atoms with Crippen LogP contribution >= 0.6 is 0 Å². The molecule has 12 heteroatoms. The number of anilines is 2. The van der Waals surface area contributed by atoms with Gasteiger partial charge in [-0.25, -0.2) is 8.78 Å². The Balaban J connectivity index is 1.84. The number of rotatable bonds is 9. The van der Waals surface area contributed by atoms with Crippen LogP contribution in [-0.2, 0) is 15.5 Å². The first-order valence-electron chi connectivity index (χ1n) is 10.5. The second-order valence-electron chi connectivity index (χ2n) is 7.74. The normalized spacial score (nSPS) is 12.1. The zero-order chi connectivity index (χ0) is 26.5. The minimum absolute atomic E-state index is 0.0245. The first-order valence-corrected chi connectivity index (χ1v) is 10.5. The summed E-state index contributed by atoms with van der Waals surface area (Å²) >= 11 is 0. The number of carbonyl (C=O) groups excluding carboxylic acids is 2. The predicted octanol–water partition coefficient (Wildman–Crippen LogP) is 5.09. The van der Waals surface area contributed by atoms with Crippen molar-refractivity contribution in [1.82, 2.24) is 9.97 Å². The highest BCUT2D eigenvalue weighted by atomic mass is 19.3. The van der Waals surface area contributed by atoms with Crippen LogP contribution in [0.2, 0.25) is 0 Å². The molecule has 3 rings (SSSR count). The summed E-state index contributed by atoms with van der Waals surface area (Å²) in [5.74, 6) is -6.77. The number of benzene rings is 2. The summed E-state index contributed by atoms with van der Waals surface area (Å²) in [6, 6.07) is 8.73. The van der Waals surface area contributed by atoms with E-state index in [1.54, 1.807) is 0 Å². The van der Waals surface area contributed by atoms with Crippen molar-refractivity contribution >= 4 is 28.9 Å². The molecule has 3 aromatic rings. The van der Waals surface area contributed by atoms with E-state index in [0.29, 0.717) is 6.92 Å². The van der Waals surface area contributed by atoms with Gasteiger partial charge in [-0.1, -0.05) is 12.1 Å². The summed E-state index contributed by atoms with van der Waals surface area (Å²) in [7, 11) is 0. The molecule has 36 heavy (non-hydrogen) atoms. The summed E-state index contributed by atoms with van der Waals surface area (Å²) in [6.07, 6.45) is 4.04. The van der Waals surface area contributed by atoms with Crippen molar-refractivity contribution in [1.29, 1.82) is 5.41 Å². The van der Waals surface area contributed by atoms with Crippen LogP contribution in [0.15, 0.2) is 61.1 Å². The van der Waals surface area contributed by atoms with Crippen LogP contribution in [0.5, 0.6) is 5.75 Å². The van der Waals surface area contributed by atoms with Gasteiger partial charge in [0.2, 0.25) is 11.8 Å². The maximum absolute atomic E-state index is 13.6. The number of nitrogens with zero attached hydrogens (tertiary/aromatic N) is 2. The fraction of sp³-hybridized carbons (Fsp3) is 0.208. The molecule has 0 aliphatic heterocycles. The minimum Gasteiger partial charge on any atom is -0.434 e. The van der Waals surface area contributed by atoms with Crippen molar-refractivity contribution in [2.24, 2.45) is 5.92 Å². The Hall–Kier alpha value is -4.35. The number of ether oxygens (including phenoxy) is 1. The molecule has 0 bridgehead atoms. The lowest BCUT2D eigenvalue weighted by Crippen LogP contribution is -2.38. The summed E-state index contributed by atoms with van der Waals surface area (Å²) in [5.41, 5.74) is -0.227. The maximum atomic E-state index is 13.6. The molecule has 0 aliphatic rings. The van der Waals surface area contributed by atoms with Gasteiger partial charge in [-0.2, -0.15) is 8.78 Å². The van der Waals surface area contributed by atoms with Crippen LogP contribution in [0.3, 0.4) is 0 Å². The quantitative estimate of drug-likeness (QED) is 0.214. The third-order valence-corrected chi connectivity index (χ3v) is 4.90. The monoisotopic (exact) mass is 503 g/mol. The molecule has 188 valence electrons. The van der Waals surface area contributed by atoms with Gasteiger partial charge in [-0.15, -0.1) is 0 Å². The Labute approximate surface area is 203 Å². The molecule has 0 spiro atoms. The molecule has 0 saturated heterocycles. The Bertz CT molecular complexity index is 1270. The van der Waals surface area contributed by atoms with Crippen LogP contribution < -0.4 is 15.4 Å². The number of halogens is 4. The number of amides is 2. The average molecular weight is 503 g/mol. The molecule has 0 fully saturated rings. The molecule has 1 heterocycles. The van der Waals surface area contributed by atoms with E-state index in [2.05, 4.69) is 25.3 Å². The summed E-state index contributed by atoms with van der Waals surface area (Å²) in [5, 5.41) is 12.7. The molecule has 2 aromatic carbocycles. The lowest BCUT2D eigenvalue weighted by molar-refractivity contribution is -0.126. The van der Waals surface area contributed by atoms with Crippen molar-refractivity contribution in [3.8, 4) is 17.0 Å². The first-order chi connectivity index (χ1) is 17.0. The van der Waals surface area contributed by atoms with E-state index in [4.69, 9.17) is 5.41 Å². The standard InChI is InChI=1S/C24H21F4N5O3/c1-13(29)20(21(34)32-15-5-3-4-14(10-15)24(2,27)28)22(35)33-16-6-7-19(36-23(25)26)17(11-16)18-12-30-8-9-31-18/h3-12,20,23,29H,1-2H3,(H,32,34)(H,33,35). The van der Waals surface area contributed by atoms with Gasteiger partial charge in [0.25, 0.3) is 5.92 Å². The van der Waals surface area contributed by atoms with Crippen molar-refractivity contribution < 1.29 is 31.9 Å². The van der Waals surface area contributed by atoms with Crippen LogP contribution in [0.4, 0.5) is 28.9 Å². The highest BCUT2D eigenvalue weighted by Gasteiger charge is 2.30. The van der Waals surface area contributed by atoms with Crippen LogP contribution in [0.1, 0.15) is 19.4 Å². The van der Waals surface area contributed by atoms with Crippen LogP contribution in [0.25, 0.3) is 11.3 Å². The molecule has 0 saturated carbocycles. The van der Waals surface area contributed by atoms with Gasteiger partial charge in [0.1, 0.15) is 5.75 Å². The second-order valence-corrected chi connectivity index (χ2v) is 7.74. The second kappa shape index (κ2) is 10.9. The Morgan fingerprint density at radius 1 is 1.03 bits per heavy atom. The summed E-state index contributed by atoms with van der Waals surface area (Å²) < 4.78 is 57.4. The number of aromatic nitrogens is 2. The zero-order valence-electron chi connectivity index (χ0n) is 19.1. The molecule has 0 radical (unpaired) electrons. The molecule has 3 N–H and O–H groups in total. The molecule has 2 amide bonds. The average Bonchev–Trinajstić information content (AvgIpc) is 2.79. The van der Waals surface area contributed by atoms with Gasteiger partial charge in [0.05, 0.1) is 11.9 Å². The Morgan fingerprint density at radius 3 is 2.25 bits per heavy atom. The molecule has 1 aromatic heterocycles. The highest BCUT2D eigenvalue weighted by Crippen LogP contribution is 2.33. The van der Waals surface area contributed by atoms with E-state index in [1.165, 1.54) is 61.9 Å². The minimum atomic E-state index is -3.14. The number of carbonyl (C=O) groups is 2. The van der Waals surface area contributed by atoms with E-state index in [9.17, 15) is 27.2 Å². The van der Waals surface area contributed by atoms with Crippen molar-refractivity contribution in [2.75, 3.05) is 10.6 Å². The molecule has 1 atom stereocenters. The lowest BCUT2D eigenvalue weighted by Gasteiger charge is -2.18. The smallest absolute Gasteiger partial charge is 0.387 e. The molecule has 0 aliphatic carbocycles. The van der Waals surface area contributed by atoms with E-state index < -0.39 is 30.3 Å². The van der Waals surface area contributed by atoms with Gasteiger partial charge < -0.3 is 20.8 Å². The van der Waals surface area contributed by atoms with E-state index in [0.717, 1.165) is 6.07 Å². The Kier molecular flexibility index (Phi) is 7.97. The molecular formula is C24H21F4N5O3. The topological polar surface area (TPSA) is 117 Å². The van der Waals surface area contributed by atoms with Gasteiger partial charge in [0, 0.05) is 47.5 Å². The number of nitrogens with one attached hydrogen (secondary N) is 3. The lowest BCUT2D eigenvalue weighted by atomic mass is 10.0.